The van der Waals surface area contributed by atoms with Crippen LogP contribution in [0.3, 0.4) is 0 Å². The molecule has 1 aliphatic heterocycles. The summed E-state index contributed by atoms with van der Waals surface area (Å²) in [6.45, 7) is 1.55. The van der Waals surface area contributed by atoms with Gasteiger partial charge in [0.05, 0.1) is 18.8 Å². The fraction of sp³-hybridized carbons (Fsp3) is 0.217. The Hall–Kier alpha value is -3.05. The number of amides is 1. The lowest BCUT2D eigenvalue weighted by molar-refractivity contribution is -0.0247. The van der Waals surface area contributed by atoms with Gasteiger partial charge in [0.25, 0.3) is 5.91 Å². The number of ether oxygens (including phenoxy) is 1. The molecule has 1 aliphatic rings. The Morgan fingerprint density at radius 2 is 1.79 bits per heavy atom. The highest BCUT2D eigenvalue weighted by Crippen LogP contribution is 2.22. The Morgan fingerprint density at radius 3 is 2.50 bits per heavy atom. The molecule has 1 amide bonds. The summed E-state index contributed by atoms with van der Waals surface area (Å²) in [5.41, 5.74) is 3.58. The highest BCUT2D eigenvalue weighted by atomic mass is 19.1. The summed E-state index contributed by atoms with van der Waals surface area (Å²) in [7, 11) is 0. The molecule has 28 heavy (non-hydrogen) atoms. The van der Waals surface area contributed by atoms with Crippen molar-refractivity contribution in [2.45, 2.75) is 12.5 Å². The van der Waals surface area contributed by atoms with Crippen LogP contribution in [0.1, 0.15) is 33.3 Å². The topological polar surface area (TPSA) is 42.4 Å². The molecule has 1 unspecified atom stereocenters. The van der Waals surface area contributed by atoms with Crippen molar-refractivity contribution >= 4 is 5.91 Å². The maximum Gasteiger partial charge on any atom is 0.254 e. The van der Waals surface area contributed by atoms with Gasteiger partial charge in [-0.2, -0.15) is 0 Å². The Labute approximate surface area is 163 Å². The lowest BCUT2D eigenvalue weighted by atomic mass is 10.1. The summed E-state index contributed by atoms with van der Waals surface area (Å²) in [5.74, 6) is -0.219. The number of pyridine rings is 1. The van der Waals surface area contributed by atoms with E-state index >= 15 is 0 Å². The van der Waals surface area contributed by atoms with Crippen molar-refractivity contribution in [3.8, 4) is 0 Å². The maximum atomic E-state index is 13.0. The molecule has 3 aromatic rings. The average Bonchev–Trinajstić information content (AvgIpc) is 2.76. The molecule has 1 fully saturated rings. The van der Waals surface area contributed by atoms with Crippen LogP contribution in [0.25, 0.3) is 0 Å². The quantitative estimate of drug-likeness (QED) is 0.691. The smallest absolute Gasteiger partial charge is 0.254 e. The standard InChI is InChI=1S/C23H21FN2O2/c24-20-9-6-17(7-10-20)14-18-8-11-21(25-15-18)22-16-26(12-13-28-22)23(27)19-4-2-1-3-5-19/h1-11,15,22H,12-14,16H2. The molecular weight excluding hydrogens is 355 g/mol. The molecule has 2 heterocycles. The number of rotatable bonds is 4. The predicted molar refractivity (Wildman–Crippen MR) is 104 cm³/mol. The molecule has 0 radical (unpaired) electrons. The SMILES string of the molecule is O=C(c1ccccc1)N1CCOC(c2ccc(Cc3ccc(F)cc3)cn2)C1. The number of aromatic nitrogens is 1. The van der Waals surface area contributed by atoms with Gasteiger partial charge < -0.3 is 9.64 Å². The first-order valence-corrected chi connectivity index (χ1v) is 9.34. The van der Waals surface area contributed by atoms with Crippen molar-refractivity contribution in [2.24, 2.45) is 0 Å². The van der Waals surface area contributed by atoms with Crippen LogP contribution in [0.4, 0.5) is 4.39 Å². The fourth-order valence-electron chi connectivity index (χ4n) is 3.34. The molecule has 0 aliphatic carbocycles. The molecule has 4 rings (SSSR count). The normalized spacial score (nSPS) is 16.8. The summed E-state index contributed by atoms with van der Waals surface area (Å²) in [4.78, 5) is 19.0. The predicted octanol–water partition coefficient (Wildman–Crippen LogP) is 4.03. The molecule has 0 bridgehead atoms. The lowest BCUT2D eigenvalue weighted by Crippen LogP contribution is -2.42. The summed E-state index contributed by atoms with van der Waals surface area (Å²) < 4.78 is 18.9. The van der Waals surface area contributed by atoms with Gasteiger partial charge in [-0.3, -0.25) is 9.78 Å². The van der Waals surface area contributed by atoms with Crippen molar-refractivity contribution in [3.05, 3.63) is 101 Å². The summed E-state index contributed by atoms with van der Waals surface area (Å²) in [6.07, 6.45) is 2.28. The molecule has 0 spiro atoms. The first-order chi connectivity index (χ1) is 13.7. The van der Waals surface area contributed by atoms with Crippen LogP contribution in [0, 0.1) is 5.82 Å². The molecule has 1 atom stereocenters. The number of hydrogen-bond acceptors (Lipinski definition) is 3. The van der Waals surface area contributed by atoms with E-state index in [2.05, 4.69) is 4.98 Å². The van der Waals surface area contributed by atoms with Gasteiger partial charge in [0, 0.05) is 18.3 Å². The molecule has 1 saturated heterocycles. The average molecular weight is 376 g/mol. The second-order valence-electron chi connectivity index (χ2n) is 6.87. The largest absolute Gasteiger partial charge is 0.368 e. The monoisotopic (exact) mass is 376 g/mol. The van der Waals surface area contributed by atoms with Gasteiger partial charge in [-0.05, 0) is 47.9 Å². The fourth-order valence-corrected chi connectivity index (χ4v) is 3.34. The van der Waals surface area contributed by atoms with E-state index in [1.165, 1.54) is 12.1 Å². The third kappa shape index (κ3) is 4.26. The van der Waals surface area contributed by atoms with Crippen LogP contribution < -0.4 is 0 Å². The van der Waals surface area contributed by atoms with Crippen LogP contribution in [0.15, 0.2) is 72.9 Å². The zero-order valence-corrected chi connectivity index (χ0v) is 15.4. The van der Waals surface area contributed by atoms with E-state index in [-0.39, 0.29) is 17.8 Å². The maximum absolute atomic E-state index is 13.0. The van der Waals surface area contributed by atoms with Gasteiger partial charge in [-0.1, -0.05) is 36.4 Å². The number of carbonyl (C=O) groups is 1. The molecule has 142 valence electrons. The second kappa shape index (κ2) is 8.31. The number of morpholine rings is 1. The molecule has 5 heteroatoms. The van der Waals surface area contributed by atoms with Crippen molar-refractivity contribution in [3.63, 3.8) is 0 Å². The summed E-state index contributed by atoms with van der Waals surface area (Å²) in [5, 5.41) is 0. The zero-order valence-electron chi connectivity index (χ0n) is 15.4. The summed E-state index contributed by atoms with van der Waals surface area (Å²) in [6, 6.07) is 19.7. The van der Waals surface area contributed by atoms with Crippen LogP contribution in [-0.4, -0.2) is 35.5 Å². The van der Waals surface area contributed by atoms with E-state index in [9.17, 15) is 9.18 Å². The number of halogens is 1. The third-order valence-electron chi connectivity index (χ3n) is 4.87. The summed E-state index contributed by atoms with van der Waals surface area (Å²) >= 11 is 0. The number of hydrogen-bond donors (Lipinski definition) is 0. The van der Waals surface area contributed by atoms with E-state index in [4.69, 9.17) is 4.74 Å². The van der Waals surface area contributed by atoms with Crippen LogP contribution in [0.5, 0.6) is 0 Å². The third-order valence-corrected chi connectivity index (χ3v) is 4.87. The molecular formula is C23H21FN2O2. The van der Waals surface area contributed by atoms with E-state index in [1.54, 1.807) is 12.1 Å². The van der Waals surface area contributed by atoms with Gasteiger partial charge >= 0.3 is 0 Å². The van der Waals surface area contributed by atoms with Crippen LogP contribution >= 0.6 is 0 Å². The lowest BCUT2D eigenvalue weighted by Gasteiger charge is -2.32. The molecule has 1 aromatic heterocycles. The van der Waals surface area contributed by atoms with Crippen molar-refractivity contribution in [1.82, 2.24) is 9.88 Å². The first-order valence-electron chi connectivity index (χ1n) is 9.34. The van der Waals surface area contributed by atoms with Gasteiger partial charge in [0.15, 0.2) is 0 Å². The second-order valence-corrected chi connectivity index (χ2v) is 6.87. The Bertz CT molecular complexity index is 927. The molecule has 0 saturated carbocycles. The highest BCUT2D eigenvalue weighted by Gasteiger charge is 2.26. The van der Waals surface area contributed by atoms with E-state index < -0.39 is 0 Å². The number of benzene rings is 2. The van der Waals surface area contributed by atoms with Gasteiger partial charge in [0.1, 0.15) is 11.9 Å². The Balaban J connectivity index is 1.42. The molecule has 2 aromatic carbocycles. The Kier molecular flexibility index (Phi) is 5.44. The minimum absolute atomic E-state index is 0.0156. The van der Waals surface area contributed by atoms with Crippen molar-refractivity contribution in [2.75, 3.05) is 19.7 Å². The van der Waals surface area contributed by atoms with E-state index in [0.717, 1.165) is 16.8 Å². The number of carbonyl (C=O) groups excluding carboxylic acids is 1. The molecule has 0 N–H and O–H groups in total. The van der Waals surface area contributed by atoms with Gasteiger partial charge in [-0.25, -0.2) is 4.39 Å². The number of nitrogens with zero attached hydrogens (tertiary/aromatic N) is 2. The van der Waals surface area contributed by atoms with Crippen molar-refractivity contribution < 1.29 is 13.9 Å². The van der Waals surface area contributed by atoms with E-state index in [1.807, 2.05) is 53.6 Å². The first kappa shape index (κ1) is 18.3. The minimum atomic E-state index is -0.235. The van der Waals surface area contributed by atoms with Gasteiger partial charge in [-0.15, -0.1) is 0 Å². The highest BCUT2D eigenvalue weighted by molar-refractivity contribution is 5.94. The van der Waals surface area contributed by atoms with Crippen LogP contribution in [-0.2, 0) is 11.2 Å². The van der Waals surface area contributed by atoms with Crippen LogP contribution in [0.2, 0.25) is 0 Å². The Morgan fingerprint density at radius 1 is 1.04 bits per heavy atom. The van der Waals surface area contributed by atoms with Gasteiger partial charge in [0.2, 0.25) is 0 Å². The molecule has 4 nitrogen and oxygen atoms in total. The zero-order chi connectivity index (χ0) is 19.3. The minimum Gasteiger partial charge on any atom is -0.368 e. The van der Waals surface area contributed by atoms with Crippen molar-refractivity contribution in [1.29, 1.82) is 0 Å². The van der Waals surface area contributed by atoms with E-state index in [0.29, 0.717) is 31.7 Å².